The van der Waals surface area contributed by atoms with Crippen LogP contribution in [0, 0.1) is 6.92 Å². The van der Waals surface area contributed by atoms with Crippen molar-refractivity contribution < 1.29 is 0 Å². The quantitative estimate of drug-likeness (QED) is 0.850. The number of nitrogen functional groups attached to an aromatic ring is 1. The average molecular weight is 268 g/mol. The van der Waals surface area contributed by atoms with Crippen molar-refractivity contribution >= 4 is 5.69 Å². The molecule has 1 aliphatic heterocycles. The lowest BCUT2D eigenvalue weighted by Gasteiger charge is -2.34. The molecule has 2 N–H and O–H groups in total. The number of aryl methyl sites for hydroxylation is 1. The first-order chi connectivity index (χ1) is 9.66. The van der Waals surface area contributed by atoms with Crippen molar-refractivity contribution in [2.45, 2.75) is 32.9 Å². The van der Waals surface area contributed by atoms with Crippen LogP contribution in [0.1, 0.15) is 35.5 Å². The van der Waals surface area contributed by atoms with Gasteiger partial charge in [-0.3, -0.25) is 14.9 Å². The fourth-order valence-electron chi connectivity index (χ4n) is 2.99. The van der Waals surface area contributed by atoms with E-state index >= 15 is 0 Å². The lowest BCUT2D eigenvalue weighted by Crippen LogP contribution is -2.34. The Morgan fingerprint density at radius 1 is 1.25 bits per heavy atom. The van der Waals surface area contributed by atoms with Crippen molar-refractivity contribution in [1.29, 1.82) is 0 Å². The van der Waals surface area contributed by atoms with Crippen LogP contribution < -0.4 is 5.73 Å². The molecular weight excluding hydrogens is 248 g/mol. The Labute approximate surface area is 119 Å². The number of nitrogens with two attached hydrogens (primary N) is 1. The van der Waals surface area contributed by atoms with Crippen molar-refractivity contribution in [2.24, 2.45) is 0 Å². The van der Waals surface area contributed by atoms with E-state index in [4.69, 9.17) is 5.73 Å². The van der Waals surface area contributed by atoms with Gasteiger partial charge in [-0.2, -0.15) is 0 Å². The summed E-state index contributed by atoms with van der Waals surface area (Å²) in [6, 6.07) is 6.48. The first-order valence-corrected chi connectivity index (χ1v) is 7.04. The lowest BCUT2D eigenvalue weighted by molar-refractivity contribution is 0.188. The molecule has 0 amide bonds. The zero-order valence-electron chi connectivity index (χ0n) is 12.0. The molecule has 0 saturated carbocycles. The second kappa shape index (κ2) is 5.21. The van der Waals surface area contributed by atoms with Crippen LogP contribution in [0.5, 0.6) is 0 Å². The van der Waals surface area contributed by atoms with E-state index in [2.05, 4.69) is 27.9 Å². The van der Waals surface area contributed by atoms with Crippen molar-refractivity contribution in [2.75, 3.05) is 12.3 Å². The van der Waals surface area contributed by atoms with Gasteiger partial charge in [0.2, 0.25) is 0 Å². The minimum Gasteiger partial charge on any atom is -0.398 e. The first kappa shape index (κ1) is 13.1. The van der Waals surface area contributed by atoms with E-state index in [1.165, 1.54) is 11.1 Å². The van der Waals surface area contributed by atoms with Gasteiger partial charge in [0.05, 0.1) is 17.4 Å². The van der Waals surface area contributed by atoms with Gasteiger partial charge in [-0.1, -0.05) is 12.1 Å². The molecule has 1 aliphatic rings. The third-order valence-corrected chi connectivity index (χ3v) is 4.19. The molecule has 0 aliphatic carbocycles. The number of hydrogen-bond acceptors (Lipinski definition) is 4. The second-order valence-corrected chi connectivity index (χ2v) is 5.41. The van der Waals surface area contributed by atoms with Crippen LogP contribution in [0.4, 0.5) is 5.69 Å². The molecule has 4 nitrogen and oxygen atoms in total. The Hall–Kier alpha value is -1.94. The summed E-state index contributed by atoms with van der Waals surface area (Å²) in [5, 5.41) is 0. The van der Waals surface area contributed by atoms with Crippen LogP contribution in [0.15, 0.2) is 30.6 Å². The van der Waals surface area contributed by atoms with Gasteiger partial charge in [0.25, 0.3) is 0 Å². The highest BCUT2D eigenvalue weighted by Gasteiger charge is 2.24. The van der Waals surface area contributed by atoms with Crippen molar-refractivity contribution in [1.82, 2.24) is 14.9 Å². The second-order valence-electron chi connectivity index (χ2n) is 5.41. The van der Waals surface area contributed by atoms with Crippen molar-refractivity contribution in [3.63, 3.8) is 0 Å². The molecule has 0 radical (unpaired) electrons. The van der Waals surface area contributed by atoms with Gasteiger partial charge in [0.1, 0.15) is 0 Å². The summed E-state index contributed by atoms with van der Waals surface area (Å²) in [5.74, 6) is 0. The molecule has 0 saturated heterocycles. The fraction of sp³-hybridized carbons (Fsp3) is 0.375. The monoisotopic (exact) mass is 268 g/mol. The van der Waals surface area contributed by atoms with E-state index in [9.17, 15) is 0 Å². The van der Waals surface area contributed by atoms with E-state index in [0.29, 0.717) is 0 Å². The summed E-state index contributed by atoms with van der Waals surface area (Å²) in [6.07, 6.45) is 4.53. The van der Waals surface area contributed by atoms with Gasteiger partial charge < -0.3 is 5.73 Å². The predicted octanol–water partition coefficient (Wildman–Crippen LogP) is 2.49. The Morgan fingerprint density at radius 3 is 2.85 bits per heavy atom. The average Bonchev–Trinajstić information content (AvgIpc) is 2.47. The fourth-order valence-corrected chi connectivity index (χ4v) is 2.99. The third-order valence-electron chi connectivity index (χ3n) is 4.19. The maximum Gasteiger partial charge on any atom is 0.0784 e. The van der Waals surface area contributed by atoms with Gasteiger partial charge in [-0.25, -0.2) is 0 Å². The Kier molecular flexibility index (Phi) is 3.40. The van der Waals surface area contributed by atoms with Crippen molar-refractivity contribution in [3.8, 4) is 0 Å². The number of benzene rings is 1. The molecule has 1 atom stereocenters. The van der Waals surface area contributed by atoms with E-state index in [1.807, 2.05) is 19.1 Å². The Morgan fingerprint density at radius 2 is 2.05 bits per heavy atom. The molecule has 1 unspecified atom stereocenters. The van der Waals surface area contributed by atoms with Gasteiger partial charge in [-0.15, -0.1) is 0 Å². The van der Waals surface area contributed by atoms with E-state index in [0.717, 1.165) is 36.6 Å². The minimum absolute atomic E-state index is 0.276. The molecule has 0 bridgehead atoms. The molecular formula is C16H20N4. The van der Waals surface area contributed by atoms with Gasteiger partial charge >= 0.3 is 0 Å². The largest absolute Gasteiger partial charge is 0.398 e. The normalized spacial score (nSPS) is 16.7. The van der Waals surface area contributed by atoms with Gasteiger partial charge in [0, 0.05) is 31.2 Å². The number of nitrogens with zero attached hydrogens (tertiary/aromatic N) is 3. The third kappa shape index (κ3) is 2.27. The molecule has 0 spiro atoms. The highest BCUT2D eigenvalue weighted by molar-refractivity contribution is 5.51. The molecule has 1 aromatic carbocycles. The number of rotatable bonds is 2. The van der Waals surface area contributed by atoms with Crippen LogP contribution in [-0.2, 0) is 13.0 Å². The highest BCUT2D eigenvalue weighted by atomic mass is 15.2. The van der Waals surface area contributed by atoms with Crippen LogP contribution >= 0.6 is 0 Å². The topological polar surface area (TPSA) is 55.0 Å². The predicted molar refractivity (Wildman–Crippen MR) is 80.2 cm³/mol. The summed E-state index contributed by atoms with van der Waals surface area (Å²) >= 11 is 0. The molecule has 3 rings (SSSR count). The maximum absolute atomic E-state index is 6.06. The first-order valence-electron chi connectivity index (χ1n) is 7.04. The summed E-state index contributed by atoms with van der Waals surface area (Å²) in [4.78, 5) is 11.3. The SMILES string of the molecule is Cc1nccnc1C(C)N1CCc2c(N)cccc2C1. The molecule has 104 valence electrons. The van der Waals surface area contributed by atoms with E-state index in [-0.39, 0.29) is 6.04 Å². The summed E-state index contributed by atoms with van der Waals surface area (Å²) in [5.41, 5.74) is 11.7. The standard InChI is InChI=1S/C16H20N4/c1-11-16(19-8-7-18-11)12(2)20-9-6-14-13(10-20)4-3-5-15(14)17/h3-5,7-8,12H,6,9-10,17H2,1-2H3. The van der Waals surface area contributed by atoms with Crippen LogP contribution in [0.25, 0.3) is 0 Å². The number of aromatic nitrogens is 2. The molecule has 1 aromatic heterocycles. The summed E-state index contributed by atoms with van der Waals surface area (Å²) in [6.45, 7) is 6.17. The minimum atomic E-state index is 0.276. The van der Waals surface area contributed by atoms with Crippen LogP contribution in [0.3, 0.4) is 0 Å². The molecule has 2 heterocycles. The number of hydrogen-bond donors (Lipinski definition) is 1. The lowest BCUT2D eigenvalue weighted by atomic mass is 9.96. The smallest absolute Gasteiger partial charge is 0.0784 e. The molecule has 0 fully saturated rings. The summed E-state index contributed by atoms with van der Waals surface area (Å²) < 4.78 is 0. The Bertz CT molecular complexity index is 624. The maximum atomic E-state index is 6.06. The zero-order valence-corrected chi connectivity index (χ0v) is 12.0. The molecule has 20 heavy (non-hydrogen) atoms. The van der Waals surface area contributed by atoms with Gasteiger partial charge in [0.15, 0.2) is 0 Å². The molecule has 4 heteroatoms. The highest BCUT2D eigenvalue weighted by Crippen LogP contribution is 2.29. The van der Waals surface area contributed by atoms with Crippen LogP contribution in [0.2, 0.25) is 0 Å². The number of anilines is 1. The van der Waals surface area contributed by atoms with Gasteiger partial charge in [-0.05, 0) is 37.5 Å². The Balaban J connectivity index is 1.85. The summed E-state index contributed by atoms with van der Waals surface area (Å²) in [7, 11) is 0. The van der Waals surface area contributed by atoms with E-state index < -0.39 is 0 Å². The zero-order chi connectivity index (χ0) is 14.1. The van der Waals surface area contributed by atoms with Crippen LogP contribution in [-0.4, -0.2) is 21.4 Å². The van der Waals surface area contributed by atoms with E-state index in [1.54, 1.807) is 12.4 Å². The number of fused-ring (bicyclic) bond motifs is 1. The van der Waals surface area contributed by atoms with Crippen molar-refractivity contribution in [3.05, 3.63) is 53.1 Å². The molecule has 2 aromatic rings.